The van der Waals surface area contributed by atoms with Crippen LogP contribution in [0.15, 0.2) is 40.9 Å². The molecule has 0 saturated heterocycles. The molecule has 0 radical (unpaired) electrons. The summed E-state index contributed by atoms with van der Waals surface area (Å²) < 4.78 is 13.0. The van der Waals surface area contributed by atoms with Crippen LogP contribution in [-0.4, -0.2) is 15.7 Å². The van der Waals surface area contributed by atoms with Gasteiger partial charge in [-0.2, -0.15) is 5.10 Å². The molecule has 0 unspecified atom stereocenters. The lowest BCUT2D eigenvalue weighted by atomic mass is 10.2. The summed E-state index contributed by atoms with van der Waals surface area (Å²) in [5.74, 6) is 1.27. The van der Waals surface area contributed by atoms with Crippen molar-refractivity contribution < 1.29 is 13.9 Å². The van der Waals surface area contributed by atoms with Gasteiger partial charge in [0.1, 0.15) is 18.1 Å². The highest BCUT2D eigenvalue weighted by Crippen LogP contribution is 2.23. The number of hydrogen-bond donors (Lipinski definition) is 1. The number of rotatable bonds is 6. The van der Waals surface area contributed by atoms with Gasteiger partial charge in [-0.1, -0.05) is 11.6 Å². The SMILES string of the molecule is Cc1cc(Cl)ccc1OCc1ccc(C(=O)NCc2cn(C)nc2C)o1. The third-order valence-corrected chi connectivity index (χ3v) is 4.18. The Morgan fingerprint density at radius 2 is 2.12 bits per heavy atom. The molecule has 0 bridgehead atoms. The first-order chi connectivity index (χ1) is 12.4. The number of halogens is 1. The molecule has 0 spiro atoms. The Balaban J connectivity index is 1.56. The van der Waals surface area contributed by atoms with Crippen molar-refractivity contribution in [3.05, 3.63) is 69.9 Å². The zero-order valence-corrected chi connectivity index (χ0v) is 15.6. The number of ether oxygens (including phenoxy) is 1. The van der Waals surface area contributed by atoms with E-state index in [1.165, 1.54) is 0 Å². The normalized spacial score (nSPS) is 10.8. The molecule has 7 heteroatoms. The van der Waals surface area contributed by atoms with E-state index in [9.17, 15) is 4.79 Å². The molecule has 3 rings (SSSR count). The maximum atomic E-state index is 12.2. The zero-order chi connectivity index (χ0) is 18.7. The van der Waals surface area contributed by atoms with Gasteiger partial charge in [0.15, 0.2) is 5.76 Å². The molecule has 6 nitrogen and oxygen atoms in total. The number of hydrogen-bond acceptors (Lipinski definition) is 4. The molecular formula is C19H20ClN3O3. The van der Waals surface area contributed by atoms with E-state index in [1.54, 1.807) is 22.9 Å². The van der Waals surface area contributed by atoms with Crippen LogP contribution < -0.4 is 10.1 Å². The van der Waals surface area contributed by atoms with Gasteiger partial charge in [-0.25, -0.2) is 0 Å². The lowest BCUT2D eigenvalue weighted by Gasteiger charge is -2.07. The smallest absolute Gasteiger partial charge is 0.287 e. The maximum absolute atomic E-state index is 12.2. The molecule has 1 N–H and O–H groups in total. The van der Waals surface area contributed by atoms with Crippen LogP contribution in [0.2, 0.25) is 5.02 Å². The van der Waals surface area contributed by atoms with Gasteiger partial charge < -0.3 is 14.5 Å². The largest absolute Gasteiger partial charge is 0.485 e. The number of nitrogens with zero attached hydrogens (tertiary/aromatic N) is 2. The third-order valence-electron chi connectivity index (χ3n) is 3.95. The number of aromatic nitrogens is 2. The van der Waals surface area contributed by atoms with Crippen LogP contribution in [0.1, 0.15) is 33.1 Å². The van der Waals surface area contributed by atoms with Crippen LogP contribution in [0, 0.1) is 13.8 Å². The van der Waals surface area contributed by atoms with Crippen LogP contribution in [-0.2, 0) is 20.2 Å². The highest BCUT2D eigenvalue weighted by atomic mass is 35.5. The summed E-state index contributed by atoms with van der Waals surface area (Å²) in [6.45, 7) is 4.46. The Hall–Kier alpha value is -2.73. The van der Waals surface area contributed by atoms with Gasteiger partial charge in [-0.3, -0.25) is 9.48 Å². The number of aryl methyl sites for hydroxylation is 3. The Labute approximate surface area is 156 Å². The van der Waals surface area contributed by atoms with Crippen molar-refractivity contribution >= 4 is 17.5 Å². The summed E-state index contributed by atoms with van der Waals surface area (Å²) in [5.41, 5.74) is 2.79. The van der Waals surface area contributed by atoms with Gasteiger partial charge in [0.05, 0.1) is 5.69 Å². The first kappa shape index (κ1) is 18.1. The van der Waals surface area contributed by atoms with Crippen molar-refractivity contribution in [2.24, 2.45) is 7.05 Å². The highest BCUT2D eigenvalue weighted by molar-refractivity contribution is 6.30. The molecule has 0 fully saturated rings. The standard InChI is InChI=1S/C19H20ClN3O3/c1-12-8-15(20)4-6-17(12)25-11-16-5-7-18(26-16)19(24)21-9-14-10-23(3)22-13(14)2/h4-8,10H,9,11H2,1-3H3,(H,21,24). The lowest BCUT2D eigenvalue weighted by molar-refractivity contribution is 0.0919. The maximum Gasteiger partial charge on any atom is 0.287 e. The highest BCUT2D eigenvalue weighted by Gasteiger charge is 2.13. The molecule has 0 aliphatic rings. The predicted molar refractivity (Wildman–Crippen MR) is 98.3 cm³/mol. The average Bonchev–Trinajstić information content (AvgIpc) is 3.18. The molecule has 2 heterocycles. The molecular weight excluding hydrogens is 354 g/mol. The Bertz CT molecular complexity index is 930. The summed E-state index contributed by atoms with van der Waals surface area (Å²) >= 11 is 5.93. The van der Waals surface area contributed by atoms with E-state index >= 15 is 0 Å². The van der Waals surface area contributed by atoms with Crippen molar-refractivity contribution in [1.29, 1.82) is 0 Å². The molecule has 0 aliphatic heterocycles. The molecule has 26 heavy (non-hydrogen) atoms. The monoisotopic (exact) mass is 373 g/mol. The second-order valence-corrected chi connectivity index (χ2v) is 6.50. The average molecular weight is 374 g/mol. The molecule has 1 amide bonds. The van der Waals surface area contributed by atoms with Crippen LogP contribution >= 0.6 is 11.6 Å². The van der Waals surface area contributed by atoms with E-state index in [-0.39, 0.29) is 18.3 Å². The molecule has 0 atom stereocenters. The van der Waals surface area contributed by atoms with Crippen LogP contribution in [0.3, 0.4) is 0 Å². The number of nitrogens with one attached hydrogen (secondary N) is 1. The van der Waals surface area contributed by atoms with Gasteiger partial charge in [0.2, 0.25) is 0 Å². The lowest BCUT2D eigenvalue weighted by Crippen LogP contribution is -2.22. The summed E-state index contributed by atoms with van der Waals surface area (Å²) in [7, 11) is 1.85. The number of amides is 1. The second kappa shape index (κ2) is 7.66. The number of carbonyl (C=O) groups excluding carboxylic acids is 1. The van der Waals surface area contributed by atoms with E-state index in [2.05, 4.69) is 10.4 Å². The minimum atomic E-state index is -0.276. The van der Waals surface area contributed by atoms with E-state index < -0.39 is 0 Å². The summed E-state index contributed by atoms with van der Waals surface area (Å²) in [5, 5.41) is 7.74. The molecule has 3 aromatic rings. The summed E-state index contributed by atoms with van der Waals surface area (Å²) in [4.78, 5) is 12.2. The van der Waals surface area contributed by atoms with Crippen molar-refractivity contribution in [2.75, 3.05) is 0 Å². The summed E-state index contributed by atoms with van der Waals surface area (Å²) in [6.07, 6.45) is 1.88. The summed E-state index contributed by atoms with van der Waals surface area (Å²) in [6, 6.07) is 8.78. The number of carbonyl (C=O) groups is 1. The Kier molecular flexibility index (Phi) is 5.32. The molecule has 2 aromatic heterocycles. The van der Waals surface area contributed by atoms with Gasteiger partial charge in [-0.05, 0) is 49.7 Å². The fraction of sp³-hybridized carbons (Fsp3) is 0.263. The van der Waals surface area contributed by atoms with Crippen molar-refractivity contribution in [2.45, 2.75) is 27.0 Å². The van der Waals surface area contributed by atoms with Crippen LogP contribution in [0.25, 0.3) is 0 Å². The van der Waals surface area contributed by atoms with E-state index in [1.807, 2.05) is 39.2 Å². The number of benzene rings is 1. The van der Waals surface area contributed by atoms with Gasteiger partial charge >= 0.3 is 0 Å². The molecule has 1 aromatic carbocycles. The Morgan fingerprint density at radius 3 is 2.81 bits per heavy atom. The topological polar surface area (TPSA) is 69.3 Å². The van der Waals surface area contributed by atoms with E-state index in [0.717, 1.165) is 22.6 Å². The fourth-order valence-electron chi connectivity index (χ4n) is 2.59. The second-order valence-electron chi connectivity index (χ2n) is 6.06. The minimum absolute atomic E-state index is 0.234. The van der Waals surface area contributed by atoms with Gasteiger partial charge in [0.25, 0.3) is 5.91 Å². The first-order valence-electron chi connectivity index (χ1n) is 8.17. The Morgan fingerprint density at radius 1 is 1.31 bits per heavy atom. The van der Waals surface area contributed by atoms with Crippen LogP contribution in [0.4, 0.5) is 0 Å². The van der Waals surface area contributed by atoms with Crippen molar-refractivity contribution in [3.63, 3.8) is 0 Å². The zero-order valence-electron chi connectivity index (χ0n) is 14.9. The van der Waals surface area contributed by atoms with Crippen molar-refractivity contribution in [1.82, 2.24) is 15.1 Å². The first-order valence-corrected chi connectivity index (χ1v) is 8.55. The van der Waals surface area contributed by atoms with E-state index in [0.29, 0.717) is 17.3 Å². The molecule has 136 valence electrons. The third kappa shape index (κ3) is 4.26. The van der Waals surface area contributed by atoms with Gasteiger partial charge in [-0.15, -0.1) is 0 Å². The van der Waals surface area contributed by atoms with Gasteiger partial charge in [0, 0.05) is 30.4 Å². The van der Waals surface area contributed by atoms with E-state index in [4.69, 9.17) is 20.8 Å². The minimum Gasteiger partial charge on any atom is -0.485 e. The molecule has 0 saturated carbocycles. The van der Waals surface area contributed by atoms with Crippen molar-refractivity contribution in [3.8, 4) is 5.75 Å². The molecule has 0 aliphatic carbocycles. The number of furan rings is 1. The quantitative estimate of drug-likeness (QED) is 0.713. The van der Waals surface area contributed by atoms with Crippen LogP contribution in [0.5, 0.6) is 5.75 Å². The fourth-order valence-corrected chi connectivity index (χ4v) is 2.81. The predicted octanol–water partition coefficient (Wildman–Crippen LogP) is 3.79.